The summed E-state index contributed by atoms with van der Waals surface area (Å²) in [6, 6.07) is 12.0. The quantitative estimate of drug-likeness (QED) is 0.888. The van der Waals surface area contributed by atoms with Gasteiger partial charge in [0.1, 0.15) is 5.82 Å². The van der Waals surface area contributed by atoms with Crippen molar-refractivity contribution in [1.29, 1.82) is 0 Å². The fourth-order valence-corrected chi connectivity index (χ4v) is 1.62. The van der Waals surface area contributed by atoms with Crippen LogP contribution in [-0.4, -0.2) is 4.98 Å². The SMILES string of the molecule is Cc1ccnc(Nc2ccccc2)c1Br. The van der Waals surface area contributed by atoms with Crippen molar-refractivity contribution in [3.05, 3.63) is 52.6 Å². The van der Waals surface area contributed by atoms with Crippen LogP contribution in [0.1, 0.15) is 5.56 Å². The molecule has 1 aromatic carbocycles. The van der Waals surface area contributed by atoms with Gasteiger partial charge in [-0.15, -0.1) is 0 Å². The van der Waals surface area contributed by atoms with E-state index in [1.807, 2.05) is 43.3 Å². The Bertz CT molecular complexity index is 454. The van der Waals surface area contributed by atoms with Crippen LogP contribution >= 0.6 is 15.9 Å². The highest BCUT2D eigenvalue weighted by atomic mass is 79.9. The molecule has 0 saturated heterocycles. The third kappa shape index (κ3) is 2.36. The van der Waals surface area contributed by atoms with Crippen molar-refractivity contribution >= 4 is 27.4 Å². The van der Waals surface area contributed by atoms with Crippen molar-refractivity contribution in [2.45, 2.75) is 6.92 Å². The lowest BCUT2D eigenvalue weighted by molar-refractivity contribution is 1.25. The maximum Gasteiger partial charge on any atom is 0.144 e. The van der Waals surface area contributed by atoms with E-state index in [0.717, 1.165) is 16.0 Å². The molecular weight excluding hydrogens is 252 g/mol. The second-order valence-corrected chi connectivity index (χ2v) is 4.07. The first-order chi connectivity index (χ1) is 7.27. The Kier molecular flexibility index (Phi) is 3.02. The van der Waals surface area contributed by atoms with Crippen LogP contribution in [0.15, 0.2) is 47.1 Å². The van der Waals surface area contributed by atoms with E-state index in [-0.39, 0.29) is 0 Å². The van der Waals surface area contributed by atoms with Gasteiger partial charge in [-0.2, -0.15) is 0 Å². The monoisotopic (exact) mass is 262 g/mol. The first-order valence-electron chi connectivity index (χ1n) is 4.70. The number of benzene rings is 1. The summed E-state index contributed by atoms with van der Waals surface area (Å²) in [4.78, 5) is 4.28. The molecule has 0 saturated carbocycles. The molecule has 76 valence electrons. The minimum absolute atomic E-state index is 0.848. The van der Waals surface area contributed by atoms with Gasteiger partial charge in [-0.3, -0.25) is 0 Å². The lowest BCUT2D eigenvalue weighted by Crippen LogP contribution is -1.95. The highest BCUT2D eigenvalue weighted by Crippen LogP contribution is 2.25. The van der Waals surface area contributed by atoms with Gasteiger partial charge in [-0.05, 0) is 46.6 Å². The molecule has 0 unspecified atom stereocenters. The first-order valence-corrected chi connectivity index (χ1v) is 5.50. The number of nitrogens with zero attached hydrogens (tertiary/aromatic N) is 1. The van der Waals surface area contributed by atoms with Crippen molar-refractivity contribution in [2.24, 2.45) is 0 Å². The van der Waals surface area contributed by atoms with Crippen LogP contribution in [0.5, 0.6) is 0 Å². The van der Waals surface area contributed by atoms with Gasteiger partial charge >= 0.3 is 0 Å². The molecule has 1 N–H and O–H groups in total. The van der Waals surface area contributed by atoms with Crippen molar-refractivity contribution < 1.29 is 0 Å². The number of hydrogen-bond acceptors (Lipinski definition) is 2. The molecule has 3 heteroatoms. The fourth-order valence-electron chi connectivity index (χ4n) is 1.29. The molecule has 2 aromatic rings. The van der Waals surface area contributed by atoms with Crippen LogP contribution in [0.2, 0.25) is 0 Å². The molecule has 0 fully saturated rings. The molecule has 2 rings (SSSR count). The van der Waals surface area contributed by atoms with Crippen LogP contribution in [-0.2, 0) is 0 Å². The summed E-state index contributed by atoms with van der Waals surface area (Å²) in [6.45, 7) is 2.04. The van der Waals surface area contributed by atoms with E-state index in [2.05, 4.69) is 26.2 Å². The average molecular weight is 263 g/mol. The smallest absolute Gasteiger partial charge is 0.144 e. The van der Waals surface area contributed by atoms with Crippen molar-refractivity contribution in [2.75, 3.05) is 5.32 Å². The summed E-state index contributed by atoms with van der Waals surface area (Å²) in [5, 5.41) is 3.26. The van der Waals surface area contributed by atoms with E-state index in [9.17, 15) is 0 Å². The maximum atomic E-state index is 4.28. The Balaban J connectivity index is 2.29. The normalized spacial score (nSPS) is 10.0. The molecule has 0 radical (unpaired) electrons. The predicted octanol–water partition coefficient (Wildman–Crippen LogP) is 3.90. The Labute approximate surface area is 97.5 Å². The molecule has 0 bridgehead atoms. The molecule has 15 heavy (non-hydrogen) atoms. The second kappa shape index (κ2) is 4.45. The number of para-hydroxylation sites is 1. The predicted molar refractivity (Wildman–Crippen MR) is 66.4 cm³/mol. The number of nitrogens with one attached hydrogen (secondary N) is 1. The van der Waals surface area contributed by atoms with Crippen molar-refractivity contribution in [3.63, 3.8) is 0 Å². The molecule has 0 atom stereocenters. The van der Waals surface area contributed by atoms with Gasteiger partial charge in [0.05, 0.1) is 4.47 Å². The van der Waals surface area contributed by atoms with Gasteiger partial charge < -0.3 is 5.32 Å². The van der Waals surface area contributed by atoms with Crippen LogP contribution in [0.4, 0.5) is 11.5 Å². The third-order valence-electron chi connectivity index (χ3n) is 2.12. The van der Waals surface area contributed by atoms with Gasteiger partial charge in [0.15, 0.2) is 0 Å². The van der Waals surface area contributed by atoms with E-state index >= 15 is 0 Å². The number of aromatic nitrogens is 1. The van der Waals surface area contributed by atoms with E-state index in [4.69, 9.17) is 0 Å². The van der Waals surface area contributed by atoms with Gasteiger partial charge in [0.2, 0.25) is 0 Å². The Hall–Kier alpha value is -1.35. The standard InChI is InChI=1S/C12H11BrN2/c1-9-7-8-14-12(11(9)13)15-10-5-3-2-4-6-10/h2-8H,1H3,(H,14,15). The minimum atomic E-state index is 0.848. The molecule has 0 spiro atoms. The zero-order valence-electron chi connectivity index (χ0n) is 8.37. The number of pyridine rings is 1. The van der Waals surface area contributed by atoms with Crippen LogP contribution in [0, 0.1) is 6.92 Å². The summed E-state index contributed by atoms with van der Waals surface area (Å²) in [5.41, 5.74) is 2.21. The molecule has 0 aliphatic carbocycles. The van der Waals surface area contributed by atoms with E-state index in [1.54, 1.807) is 6.20 Å². The fraction of sp³-hybridized carbons (Fsp3) is 0.0833. The lowest BCUT2D eigenvalue weighted by Gasteiger charge is -2.08. The number of aryl methyl sites for hydroxylation is 1. The highest BCUT2D eigenvalue weighted by molar-refractivity contribution is 9.10. The Morgan fingerprint density at radius 1 is 1.13 bits per heavy atom. The largest absolute Gasteiger partial charge is 0.339 e. The van der Waals surface area contributed by atoms with E-state index < -0.39 is 0 Å². The molecule has 0 aliphatic heterocycles. The lowest BCUT2D eigenvalue weighted by atomic mass is 10.3. The topological polar surface area (TPSA) is 24.9 Å². The van der Waals surface area contributed by atoms with Gasteiger partial charge in [0, 0.05) is 11.9 Å². The molecule has 0 aliphatic rings. The Morgan fingerprint density at radius 3 is 2.60 bits per heavy atom. The first kappa shape index (κ1) is 10.2. The molecule has 2 nitrogen and oxygen atoms in total. The maximum absolute atomic E-state index is 4.28. The van der Waals surface area contributed by atoms with Gasteiger partial charge in [-0.1, -0.05) is 18.2 Å². The molecule has 1 aromatic heterocycles. The zero-order chi connectivity index (χ0) is 10.7. The average Bonchev–Trinajstić information content (AvgIpc) is 2.26. The highest BCUT2D eigenvalue weighted by Gasteiger charge is 2.03. The molecular formula is C12H11BrN2. The number of rotatable bonds is 2. The summed E-state index contributed by atoms with van der Waals surface area (Å²) in [5.74, 6) is 0.848. The van der Waals surface area contributed by atoms with Gasteiger partial charge in [-0.25, -0.2) is 4.98 Å². The summed E-state index contributed by atoms with van der Waals surface area (Å²) in [6.07, 6.45) is 1.80. The summed E-state index contributed by atoms with van der Waals surface area (Å²) in [7, 11) is 0. The third-order valence-corrected chi connectivity index (χ3v) is 3.12. The summed E-state index contributed by atoms with van der Waals surface area (Å²) < 4.78 is 1.01. The second-order valence-electron chi connectivity index (χ2n) is 3.28. The van der Waals surface area contributed by atoms with Crippen LogP contribution < -0.4 is 5.32 Å². The van der Waals surface area contributed by atoms with Crippen LogP contribution in [0.25, 0.3) is 0 Å². The van der Waals surface area contributed by atoms with E-state index in [1.165, 1.54) is 5.56 Å². The number of hydrogen-bond donors (Lipinski definition) is 1. The zero-order valence-corrected chi connectivity index (χ0v) is 9.95. The Morgan fingerprint density at radius 2 is 1.87 bits per heavy atom. The van der Waals surface area contributed by atoms with Crippen molar-refractivity contribution in [3.8, 4) is 0 Å². The summed E-state index contributed by atoms with van der Waals surface area (Å²) >= 11 is 3.51. The van der Waals surface area contributed by atoms with Crippen molar-refractivity contribution in [1.82, 2.24) is 4.98 Å². The minimum Gasteiger partial charge on any atom is -0.339 e. The van der Waals surface area contributed by atoms with E-state index in [0.29, 0.717) is 0 Å². The number of anilines is 2. The molecule has 0 amide bonds. The number of halogens is 1. The molecule has 1 heterocycles. The van der Waals surface area contributed by atoms with Gasteiger partial charge in [0.25, 0.3) is 0 Å². The van der Waals surface area contributed by atoms with Crippen LogP contribution in [0.3, 0.4) is 0 Å².